The minimum absolute atomic E-state index is 0.0629. The zero-order valence-electron chi connectivity index (χ0n) is 17.6. The molecule has 0 radical (unpaired) electrons. The molecule has 170 valence electrons. The van der Waals surface area contributed by atoms with Crippen molar-refractivity contribution in [1.82, 2.24) is 10.6 Å². The Balaban J connectivity index is 1.53. The predicted molar refractivity (Wildman–Crippen MR) is 115 cm³/mol. The van der Waals surface area contributed by atoms with Crippen LogP contribution in [0.1, 0.15) is 0 Å². The molecule has 0 saturated heterocycles. The Bertz CT molecular complexity index is 753. The van der Waals surface area contributed by atoms with E-state index in [1.807, 2.05) is 0 Å². The van der Waals surface area contributed by atoms with Crippen LogP contribution in [0.5, 0.6) is 23.0 Å². The van der Waals surface area contributed by atoms with Gasteiger partial charge in [0, 0.05) is 26.7 Å². The molecule has 0 aromatic heterocycles. The molecule has 1 atom stereocenters. The summed E-state index contributed by atoms with van der Waals surface area (Å²) in [6.45, 7) is 2.32. The summed E-state index contributed by atoms with van der Waals surface area (Å²) in [5, 5.41) is 24.9. The maximum absolute atomic E-state index is 11.6. The lowest BCUT2D eigenvalue weighted by Crippen LogP contribution is -2.33. The molecular formula is C22H30N2O7. The van der Waals surface area contributed by atoms with Crippen molar-refractivity contribution in [1.29, 1.82) is 0 Å². The van der Waals surface area contributed by atoms with Gasteiger partial charge < -0.3 is 39.8 Å². The number of benzene rings is 2. The van der Waals surface area contributed by atoms with Crippen LogP contribution in [0.15, 0.2) is 48.5 Å². The molecule has 2 aromatic carbocycles. The van der Waals surface area contributed by atoms with E-state index in [9.17, 15) is 15.0 Å². The van der Waals surface area contributed by atoms with Crippen LogP contribution in [0.3, 0.4) is 0 Å². The normalized spacial score (nSPS) is 11.5. The highest BCUT2D eigenvalue weighted by molar-refractivity contribution is 5.77. The number of phenols is 1. The largest absolute Gasteiger partial charge is 0.508 e. The SMILES string of the molecule is COCCNC(=O)COc1ccc(OCCNC[C@H](O)COc2ccc(O)cc2)cc1. The van der Waals surface area contributed by atoms with Crippen molar-refractivity contribution in [2.45, 2.75) is 6.10 Å². The van der Waals surface area contributed by atoms with E-state index in [-0.39, 0.29) is 24.9 Å². The molecular weight excluding hydrogens is 404 g/mol. The standard InChI is InChI=1S/C22H30N2O7/c1-28-12-11-24-22(27)16-31-21-8-6-19(7-9-21)29-13-10-23-14-18(26)15-30-20-4-2-17(25)3-5-20/h2-9,18,23,25-26H,10-16H2,1H3,(H,24,27)/t18-/m0/s1. The third-order valence-corrected chi connectivity index (χ3v) is 4.03. The lowest BCUT2D eigenvalue weighted by Gasteiger charge is -2.14. The number of amides is 1. The summed E-state index contributed by atoms with van der Waals surface area (Å²) in [6.07, 6.45) is -0.670. The second-order valence-electron chi connectivity index (χ2n) is 6.61. The van der Waals surface area contributed by atoms with Crippen LogP contribution in [-0.4, -0.2) is 75.4 Å². The first kappa shape index (κ1) is 24.3. The smallest absolute Gasteiger partial charge is 0.258 e. The fraction of sp³-hybridized carbons (Fsp3) is 0.409. The van der Waals surface area contributed by atoms with E-state index in [1.165, 1.54) is 12.1 Å². The fourth-order valence-electron chi connectivity index (χ4n) is 2.43. The molecule has 1 amide bonds. The van der Waals surface area contributed by atoms with Crippen LogP contribution in [0, 0.1) is 0 Å². The third-order valence-electron chi connectivity index (χ3n) is 4.03. The Kier molecular flexibility index (Phi) is 11.0. The number of ether oxygens (including phenoxy) is 4. The average Bonchev–Trinajstić information content (AvgIpc) is 2.78. The van der Waals surface area contributed by atoms with E-state index in [4.69, 9.17) is 18.9 Å². The minimum atomic E-state index is -0.670. The van der Waals surface area contributed by atoms with Gasteiger partial charge in [-0.05, 0) is 48.5 Å². The highest BCUT2D eigenvalue weighted by atomic mass is 16.5. The Labute approximate surface area is 181 Å². The van der Waals surface area contributed by atoms with Gasteiger partial charge in [-0.2, -0.15) is 0 Å². The molecule has 2 rings (SSSR count). The van der Waals surface area contributed by atoms with Crippen molar-refractivity contribution in [2.75, 3.05) is 53.2 Å². The summed E-state index contributed by atoms with van der Waals surface area (Å²) in [5.74, 6) is 1.79. The topological polar surface area (TPSA) is 119 Å². The number of aliphatic hydroxyl groups is 1. The first-order valence-electron chi connectivity index (χ1n) is 9.98. The number of aromatic hydroxyl groups is 1. The molecule has 31 heavy (non-hydrogen) atoms. The van der Waals surface area contributed by atoms with Crippen LogP contribution in [0.2, 0.25) is 0 Å². The van der Waals surface area contributed by atoms with Gasteiger partial charge in [0.1, 0.15) is 42.3 Å². The molecule has 2 aromatic rings. The third kappa shape index (κ3) is 10.5. The van der Waals surface area contributed by atoms with Gasteiger partial charge in [-0.3, -0.25) is 4.79 Å². The quantitative estimate of drug-likeness (QED) is 0.306. The van der Waals surface area contributed by atoms with Crippen molar-refractivity contribution < 1.29 is 34.0 Å². The van der Waals surface area contributed by atoms with Crippen LogP contribution < -0.4 is 24.8 Å². The van der Waals surface area contributed by atoms with Gasteiger partial charge in [0.25, 0.3) is 5.91 Å². The molecule has 4 N–H and O–H groups in total. The van der Waals surface area contributed by atoms with Gasteiger partial charge in [-0.25, -0.2) is 0 Å². The Morgan fingerprint density at radius 2 is 1.52 bits per heavy atom. The van der Waals surface area contributed by atoms with E-state index >= 15 is 0 Å². The second-order valence-corrected chi connectivity index (χ2v) is 6.61. The number of aliphatic hydroxyl groups excluding tert-OH is 1. The maximum atomic E-state index is 11.6. The van der Waals surface area contributed by atoms with E-state index in [2.05, 4.69) is 10.6 Å². The van der Waals surface area contributed by atoms with Gasteiger partial charge in [0.2, 0.25) is 0 Å². The maximum Gasteiger partial charge on any atom is 0.258 e. The first-order chi connectivity index (χ1) is 15.1. The number of rotatable bonds is 15. The number of nitrogens with one attached hydrogen (secondary N) is 2. The van der Waals surface area contributed by atoms with Crippen molar-refractivity contribution in [3.8, 4) is 23.0 Å². The highest BCUT2D eigenvalue weighted by Gasteiger charge is 2.06. The van der Waals surface area contributed by atoms with Gasteiger partial charge >= 0.3 is 0 Å². The summed E-state index contributed by atoms with van der Waals surface area (Å²) in [6, 6.07) is 13.3. The summed E-state index contributed by atoms with van der Waals surface area (Å²) in [7, 11) is 1.57. The lowest BCUT2D eigenvalue weighted by atomic mass is 10.3. The number of carbonyl (C=O) groups is 1. The number of phenolic OH excluding ortho intramolecular Hbond substituents is 1. The van der Waals surface area contributed by atoms with Crippen LogP contribution in [-0.2, 0) is 9.53 Å². The minimum Gasteiger partial charge on any atom is -0.508 e. The average molecular weight is 434 g/mol. The van der Waals surface area contributed by atoms with Gasteiger partial charge in [0.05, 0.1) is 6.61 Å². The molecule has 0 bridgehead atoms. The number of methoxy groups -OCH3 is 1. The molecule has 0 spiro atoms. The van der Waals surface area contributed by atoms with E-state index in [0.29, 0.717) is 50.1 Å². The summed E-state index contributed by atoms with van der Waals surface area (Å²) in [5.41, 5.74) is 0. The molecule has 9 nitrogen and oxygen atoms in total. The van der Waals surface area contributed by atoms with Gasteiger partial charge in [0.15, 0.2) is 6.61 Å². The molecule has 0 heterocycles. The van der Waals surface area contributed by atoms with Gasteiger partial charge in [-0.15, -0.1) is 0 Å². The van der Waals surface area contributed by atoms with Crippen LogP contribution in [0.4, 0.5) is 0 Å². The molecule has 0 saturated carbocycles. The zero-order valence-corrected chi connectivity index (χ0v) is 17.6. The number of carbonyl (C=O) groups excluding carboxylic acids is 1. The molecule has 0 fully saturated rings. The van der Waals surface area contributed by atoms with Crippen molar-refractivity contribution in [3.63, 3.8) is 0 Å². The van der Waals surface area contributed by atoms with Crippen molar-refractivity contribution >= 4 is 5.91 Å². The highest BCUT2D eigenvalue weighted by Crippen LogP contribution is 2.17. The number of hydrogen-bond donors (Lipinski definition) is 4. The Morgan fingerprint density at radius 3 is 2.19 bits per heavy atom. The summed E-state index contributed by atoms with van der Waals surface area (Å²) < 4.78 is 21.3. The number of hydrogen-bond acceptors (Lipinski definition) is 8. The van der Waals surface area contributed by atoms with Crippen LogP contribution in [0.25, 0.3) is 0 Å². The molecule has 0 unspecified atom stereocenters. The van der Waals surface area contributed by atoms with E-state index in [0.717, 1.165) is 0 Å². The molecule has 0 aliphatic carbocycles. The molecule has 0 aliphatic rings. The van der Waals surface area contributed by atoms with E-state index in [1.54, 1.807) is 43.5 Å². The molecule has 9 heteroatoms. The monoisotopic (exact) mass is 434 g/mol. The Hall–Kier alpha value is -3.01. The summed E-state index contributed by atoms with van der Waals surface area (Å²) in [4.78, 5) is 11.6. The molecule has 0 aliphatic heterocycles. The fourth-order valence-corrected chi connectivity index (χ4v) is 2.43. The van der Waals surface area contributed by atoms with E-state index < -0.39 is 6.10 Å². The Morgan fingerprint density at radius 1 is 0.903 bits per heavy atom. The summed E-state index contributed by atoms with van der Waals surface area (Å²) >= 11 is 0. The lowest BCUT2D eigenvalue weighted by molar-refractivity contribution is -0.123. The predicted octanol–water partition coefficient (Wildman–Crippen LogP) is 0.942. The first-order valence-corrected chi connectivity index (χ1v) is 9.98. The van der Waals surface area contributed by atoms with Crippen molar-refractivity contribution in [3.05, 3.63) is 48.5 Å². The van der Waals surface area contributed by atoms with Crippen molar-refractivity contribution in [2.24, 2.45) is 0 Å². The second kappa shape index (κ2) is 14.1. The van der Waals surface area contributed by atoms with Gasteiger partial charge in [-0.1, -0.05) is 0 Å². The van der Waals surface area contributed by atoms with Crippen LogP contribution >= 0.6 is 0 Å². The zero-order chi connectivity index (χ0) is 22.3.